The number of ether oxygens (including phenoxy) is 2. The number of nitrogens with zero attached hydrogens (tertiary/aromatic N) is 1. The van der Waals surface area contributed by atoms with Crippen LogP contribution in [0.5, 0.6) is 0 Å². The first-order valence-corrected chi connectivity index (χ1v) is 11.9. The van der Waals surface area contributed by atoms with Crippen LogP contribution in [0.2, 0.25) is 0 Å². The molecule has 29 heavy (non-hydrogen) atoms. The van der Waals surface area contributed by atoms with Crippen molar-refractivity contribution in [3.05, 3.63) is 87.6 Å². The second-order valence-electron chi connectivity index (χ2n) is 6.91. The standard InChI is InChI=1S/C24H26ClNO2S/c1-18-10-12-20(13-11-18)29(15-7-14-25)17-22(27-2)23(28-3)24(29)21(16-26)19-8-5-4-6-9-19/h4-6,8-13,17,21H,7,14-15H2,1-3H3. The molecule has 0 aromatic heterocycles. The molecular weight excluding hydrogens is 402 g/mol. The minimum Gasteiger partial charge on any atom is -0.492 e. The Hall–Kier alpha value is -2.35. The minimum absolute atomic E-state index is 0.429. The molecule has 0 N–H and O–H groups in total. The highest BCUT2D eigenvalue weighted by Gasteiger charge is 2.43. The molecule has 3 rings (SSSR count). The van der Waals surface area contributed by atoms with Crippen molar-refractivity contribution in [1.82, 2.24) is 0 Å². The molecule has 0 bridgehead atoms. The van der Waals surface area contributed by atoms with Crippen LogP contribution < -0.4 is 0 Å². The van der Waals surface area contributed by atoms with E-state index in [2.05, 4.69) is 42.7 Å². The lowest BCUT2D eigenvalue weighted by molar-refractivity contribution is 0.220. The smallest absolute Gasteiger partial charge is 0.171 e. The van der Waals surface area contributed by atoms with Gasteiger partial charge in [0.1, 0.15) is 5.92 Å². The lowest BCUT2D eigenvalue weighted by atomic mass is 9.99. The Labute approximate surface area is 179 Å². The number of rotatable bonds is 8. The largest absolute Gasteiger partial charge is 0.492 e. The Morgan fingerprint density at radius 1 is 1.03 bits per heavy atom. The van der Waals surface area contributed by atoms with Crippen LogP contribution >= 0.6 is 21.6 Å². The molecule has 0 amide bonds. The van der Waals surface area contributed by atoms with Crippen LogP contribution in [0, 0.1) is 18.3 Å². The molecule has 0 spiro atoms. The lowest BCUT2D eigenvalue weighted by Crippen LogP contribution is -2.13. The Balaban J connectivity index is 2.29. The van der Waals surface area contributed by atoms with Crippen molar-refractivity contribution in [2.45, 2.75) is 24.2 Å². The molecular formula is C24H26ClNO2S. The molecule has 0 radical (unpaired) electrons. The quantitative estimate of drug-likeness (QED) is 0.454. The van der Waals surface area contributed by atoms with Crippen LogP contribution in [0.4, 0.5) is 0 Å². The molecule has 152 valence electrons. The van der Waals surface area contributed by atoms with Gasteiger partial charge in [0.25, 0.3) is 0 Å². The molecule has 0 fully saturated rings. The molecule has 2 aromatic rings. The van der Waals surface area contributed by atoms with E-state index in [0.29, 0.717) is 17.4 Å². The van der Waals surface area contributed by atoms with Crippen molar-refractivity contribution in [1.29, 1.82) is 5.26 Å². The summed E-state index contributed by atoms with van der Waals surface area (Å²) >= 11 is 6.12. The summed E-state index contributed by atoms with van der Waals surface area (Å²) in [5.41, 5.74) is 2.16. The number of alkyl halides is 1. The molecule has 2 unspecified atom stereocenters. The summed E-state index contributed by atoms with van der Waals surface area (Å²) in [6, 6.07) is 21.0. The number of hydrogen-bond acceptors (Lipinski definition) is 3. The topological polar surface area (TPSA) is 42.2 Å². The van der Waals surface area contributed by atoms with Crippen molar-refractivity contribution >= 4 is 21.6 Å². The molecule has 1 aliphatic rings. The van der Waals surface area contributed by atoms with Gasteiger partial charge < -0.3 is 9.47 Å². The molecule has 0 saturated heterocycles. The SMILES string of the molecule is COC1=CS(CCCCl)(c2ccc(C)cc2)C(C(C#N)c2ccccc2)=C1OC. The maximum atomic E-state index is 10.2. The van der Waals surface area contributed by atoms with E-state index in [4.69, 9.17) is 21.1 Å². The zero-order valence-electron chi connectivity index (χ0n) is 17.0. The van der Waals surface area contributed by atoms with Gasteiger partial charge >= 0.3 is 0 Å². The molecule has 1 aliphatic heterocycles. The van der Waals surface area contributed by atoms with E-state index >= 15 is 0 Å². The number of allylic oxidation sites excluding steroid dienone is 1. The summed E-state index contributed by atoms with van der Waals surface area (Å²) in [6.07, 6.45) is 0.839. The Morgan fingerprint density at radius 3 is 2.28 bits per heavy atom. The Bertz CT molecular complexity index is 947. The highest BCUT2D eigenvalue weighted by molar-refractivity contribution is 8.39. The fourth-order valence-corrected chi connectivity index (χ4v) is 8.04. The zero-order valence-corrected chi connectivity index (χ0v) is 18.6. The monoisotopic (exact) mass is 427 g/mol. The van der Waals surface area contributed by atoms with Crippen LogP contribution in [0.15, 0.2) is 81.3 Å². The van der Waals surface area contributed by atoms with E-state index in [1.54, 1.807) is 14.2 Å². The fraction of sp³-hybridized carbons (Fsp3) is 0.292. The molecule has 5 heteroatoms. The number of halogens is 1. The predicted molar refractivity (Wildman–Crippen MR) is 121 cm³/mol. The Kier molecular flexibility index (Phi) is 6.95. The lowest BCUT2D eigenvalue weighted by Gasteiger charge is -2.39. The first-order valence-electron chi connectivity index (χ1n) is 9.53. The second-order valence-corrected chi connectivity index (χ2v) is 10.4. The molecule has 1 heterocycles. The van der Waals surface area contributed by atoms with E-state index in [-0.39, 0.29) is 0 Å². The minimum atomic E-state index is -1.68. The summed E-state index contributed by atoms with van der Waals surface area (Å²) in [5, 5.41) is 12.4. The third-order valence-electron chi connectivity index (χ3n) is 5.14. The van der Waals surface area contributed by atoms with Gasteiger partial charge in [-0.2, -0.15) is 15.3 Å². The maximum absolute atomic E-state index is 10.2. The summed E-state index contributed by atoms with van der Waals surface area (Å²) < 4.78 is 11.5. The average Bonchev–Trinajstić information content (AvgIpc) is 3.08. The first kappa shape index (κ1) is 21.4. The van der Waals surface area contributed by atoms with E-state index in [9.17, 15) is 5.26 Å². The molecule has 2 atom stereocenters. The Morgan fingerprint density at radius 2 is 1.72 bits per heavy atom. The van der Waals surface area contributed by atoms with E-state index in [1.807, 2.05) is 30.3 Å². The first-order chi connectivity index (χ1) is 14.1. The third kappa shape index (κ3) is 4.03. The van der Waals surface area contributed by atoms with Gasteiger partial charge in [0.05, 0.1) is 20.3 Å². The van der Waals surface area contributed by atoms with Crippen molar-refractivity contribution < 1.29 is 9.47 Å². The van der Waals surface area contributed by atoms with E-state index < -0.39 is 15.9 Å². The summed E-state index contributed by atoms with van der Waals surface area (Å²) in [6.45, 7) is 2.08. The number of aryl methyl sites for hydroxylation is 1. The summed E-state index contributed by atoms with van der Waals surface area (Å²) in [7, 11) is 1.62. The molecule has 2 aromatic carbocycles. The van der Waals surface area contributed by atoms with Crippen LogP contribution in [-0.4, -0.2) is 25.9 Å². The third-order valence-corrected chi connectivity index (χ3v) is 9.27. The van der Waals surface area contributed by atoms with E-state index in [0.717, 1.165) is 22.6 Å². The van der Waals surface area contributed by atoms with Crippen molar-refractivity contribution in [3.8, 4) is 6.07 Å². The summed E-state index contributed by atoms with van der Waals surface area (Å²) in [5.74, 6) is 2.35. The van der Waals surface area contributed by atoms with Crippen molar-refractivity contribution in [2.24, 2.45) is 0 Å². The second kappa shape index (κ2) is 9.43. The van der Waals surface area contributed by atoms with Gasteiger partial charge in [0, 0.05) is 16.2 Å². The van der Waals surface area contributed by atoms with Crippen LogP contribution in [0.25, 0.3) is 0 Å². The van der Waals surface area contributed by atoms with E-state index in [1.165, 1.54) is 10.5 Å². The maximum Gasteiger partial charge on any atom is 0.171 e. The average molecular weight is 428 g/mol. The van der Waals surface area contributed by atoms with Crippen LogP contribution in [-0.2, 0) is 9.47 Å². The normalized spacial score (nSPS) is 21.7. The van der Waals surface area contributed by atoms with Crippen molar-refractivity contribution in [3.63, 3.8) is 0 Å². The molecule has 0 aliphatic carbocycles. The van der Waals surface area contributed by atoms with Crippen LogP contribution in [0.3, 0.4) is 0 Å². The molecule has 3 nitrogen and oxygen atoms in total. The fourth-order valence-electron chi connectivity index (χ4n) is 3.75. The highest BCUT2D eigenvalue weighted by atomic mass is 35.5. The zero-order chi connectivity index (χ0) is 20.9. The highest BCUT2D eigenvalue weighted by Crippen LogP contribution is 2.72. The predicted octanol–water partition coefficient (Wildman–Crippen LogP) is 6.45. The van der Waals surface area contributed by atoms with Gasteiger partial charge in [-0.3, -0.25) is 0 Å². The number of hydrogen-bond donors (Lipinski definition) is 0. The molecule has 0 saturated carbocycles. The van der Waals surface area contributed by atoms with Crippen molar-refractivity contribution in [2.75, 3.05) is 25.9 Å². The van der Waals surface area contributed by atoms with Gasteiger partial charge in [-0.25, -0.2) is 0 Å². The van der Waals surface area contributed by atoms with Gasteiger partial charge in [-0.1, -0.05) is 48.0 Å². The van der Waals surface area contributed by atoms with Crippen LogP contribution in [0.1, 0.15) is 23.5 Å². The summed E-state index contributed by atoms with van der Waals surface area (Å²) in [4.78, 5) is 2.19. The number of methoxy groups -OCH3 is 2. The van der Waals surface area contributed by atoms with Gasteiger partial charge in [0.15, 0.2) is 11.5 Å². The van der Waals surface area contributed by atoms with Gasteiger partial charge in [0.2, 0.25) is 0 Å². The number of nitriles is 1. The number of benzene rings is 2. The van der Waals surface area contributed by atoms with Gasteiger partial charge in [-0.05, 0) is 41.7 Å². The van der Waals surface area contributed by atoms with Gasteiger partial charge in [-0.15, -0.1) is 11.6 Å².